The normalized spacial score (nSPS) is 12.2. The molecule has 0 unspecified atom stereocenters. The summed E-state index contributed by atoms with van der Waals surface area (Å²) < 4.78 is 4.40. The molecule has 0 aromatic carbocycles. The fraction of sp³-hybridized carbons (Fsp3) is 0.600. The fourth-order valence-electron chi connectivity index (χ4n) is 0.394. The van der Waals surface area contributed by atoms with E-state index in [0.717, 1.165) is 12.0 Å². The van der Waals surface area contributed by atoms with E-state index in [1.165, 1.54) is 0 Å². The highest BCUT2D eigenvalue weighted by atomic mass is 32.2. The molecule has 64 valence electrons. The molecule has 0 heterocycles. The number of nitrogens with two attached hydrogens (primary N) is 1. The first-order valence-corrected chi connectivity index (χ1v) is 3.94. The standard InChI is InChI=1S/C5H9NO4S/c1-11-10-4(7)2-3(6)5(8)9/h3H,2,6H2,1H3,(H,8,9)/t3-/m0/s1. The quantitative estimate of drug-likeness (QED) is 0.571. The summed E-state index contributed by atoms with van der Waals surface area (Å²) >= 11 is 0.865. The molecule has 1 atom stereocenters. The maximum atomic E-state index is 10.6. The first-order chi connectivity index (χ1) is 5.07. The predicted molar refractivity (Wildman–Crippen MR) is 39.8 cm³/mol. The summed E-state index contributed by atoms with van der Waals surface area (Å²) in [6.07, 6.45) is 1.26. The molecule has 0 aliphatic rings. The molecular weight excluding hydrogens is 170 g/mol. The molecular formula is C5H9NO4S. The molecule has 0 amide bonds. The van der Waals surface area contributed by atoms with Crippen molar-refractivity contribution in [3.05, 3.63) is 0 Å². The zero-order valence-electron chi connectivity index (χ0n) is 5.94. The largest absolute Gasteiger partial charge is 0.480 e. The Bertz CT molecular complexity index is 161. The van der Waals surface area contributed by atoms with Gasteiger partial charge in [0.2, 0.25) is 0 Å². The number of rotatable bonds is 4. The second-order valence-electron chi connectivity index (χ2n) is 1.77. The van der Waals surface area contributed by atoms with Crippen molar-refractivity contribution in [1.82, 2.24) is 0 Å². The molecule has 0 fully saturated rings. The van der Waals surface area contributed by atoms with Gasteiger partial charge >= 0.3 is 11.9 Å². The van der Waals surface area contributed by atoms with Gasteiger partial charge in [0.15, 0.2) is 0 Å². The van der Waals surface area contributed by atoms with E-state index in [-0.39, 0.29) is 6.42 Å². The van der Waals surface area contributed by atoms with E-state index < -0.39 is 18.0 Å². The van der Waals surface area contributed by atoms with Gasteiger partial charge in [-0.05, 0) is 0 Å². The molecule has 3 N–H and O–H groups in total. The summed E-state index contributed by atoms with van der Waals surface area (Å²) in [7, 11) is 0. The summed E-state index contributed by atoms with van der Waals surface area (Å²) in [5, 5.41) is 8.26. The van der Waals surface area contributed by atoms with Crippen LogP contribution in [0.3, 0.4) is 0 Å². The molecule has 0 aliphatic carbocycles. The average Bonchev–Trinajstić information content (AvgIpc) is 1.87. The Kier molecular flexibility index (Phi) is 4.64. The van der Waals surface area contributed by atoms with Crippen molar-refractivity contribution in [2.24, 2.45) is 5.73 Å². The lowest BCUT2D eigenvalue weighted by Gasteiger charge is -2.03. The first kappa shape index (κ1) is 10.2. The molecule has 0 aromatic heterocycles. The summed E-state index contributed by atoms with van der Waals surface area (Å²) in [5.74, 6) is -1.82. The Morgan fingerprint density at radius 2 is 2.27 bits per heavy atom. The molecule has 0 saturated carbocycles. The second kappa shape index (κ2) is 4.97. The lowest BCUT2D eigenvalue weighted by atomic mass is 10.2. The van der Waals surface area contributed by atoms with Crippen molar-refractivity contribution in [3.8, 4) is 0 Å². The van der Waals surface area contributed by atoms with Crippen LogP contribution in [-0.4, -0.2) is 29.3 Å². The third kappa shape index (κ3) is 4.63. The van der Waals surface area contributed by atoms with Gasteiger partial charge in [0.25, 0.3) is 0 Å². The Balaban J connectivity index is 3.66. The summed E-state index contributed by atoms with van der Waals surface area (Å²) in [5.41, 5.74) is 5.04. The molecule has 0 saturated heterocycles. The number of aliphatic carboxylic acids is 1. The maximum absolute atomic E-state index is 10.6. The Morgan fingerprint density at radius 3 is 2.64 bits per heavy atom. The minimum Gasteiger partial charge on any atom is -0.480 e. The van der Waals surface area contributed by atoms with Crippen molar-refractivity contribution in [1.29, 1.82) is 0 Å². The van der Waals surface area contributed by atoms with Gasteiger partial charge in [0.1, 0.15) is 6.04 Å². The zero-order chi connectivity index (χ0) is 8.85. The van der Waals surface area contributed by atoms with E-state index in [0.29, 0.717) is 0 Å². The molecule has 5 nitrogen and oxygen atoms in total. The van der Waals surface area contributed by atoms with Gasteiger partial charge in [0.05, 0.1) is 18.5 Å². The molecule has 0 aliphatic heterocycles. The highest BCUT2D eigenvalue weighted by Crippen LogP contribution is 2.00. The minimum absolute atomic E-state index is 0.295. The fourth-order valence-corrected chi connectivity index (χ4v) is 0.648. The van der Waals surface area contributed by atoms with Crippen molar-refractivity contribution in [3.63, 3.8) is 0 Å². The zero-order valence-corrected chi connectivity index (χ0v) is 6.76. The van der Waals surface area contributed by atoms with Crippen LogP contribution in [0.4, 0.5) is 0 Å². The van der Waals surface area contributed by atoms with Crippen LogP contribution in [0.25, 0.3) is 0 Å². The number of carboxylic acids is 1. The predicted octanol–water partition coefficient (Wildman–Crippen LogP) is -0.390. The van der Waals surface area contributed by atoms with E-state index in [1.54, 1.807) is 6.26 Å². The summed E-state index contributed by atoms with van der Waals surface area (Å²) in [6, 6.07) is -1.17. The smallest absolute Gasteiger partial charge is 0.321 e. The van der Waals surface area contributed by atoms with Crippen LogP contribution in [0, 0.1) is 0 Å². The van der Waals surface area contributed by atoms with Gasteiger partial charge in [-0.25, -0.2) is 0 Å². The second-order valence-corrected chi connectivity index (χ2v) is 2.27. The topological polar surface area (TPSA) is 89.6 Å². The Hall–Kier alpha value is -0.750. The lowest BCUT2D eigenvalue weighted by molar-refractivity contribution is -0.143. The summed E-state index contributed by atoms with van der Waals surface area (Å²) in [4.78, 5) is 20.7. The number of hydrogen-bond acceptors (Lipinski definition) is 5. The van der Waals surface area contributed by atoms with Gasteiger partial charge in [-0.15, -0.1) is 0 Å². The van der Waals surface area contributed by atoms with Crippen LogP contribution in [0.1, 0.15) is 6.42 Å². The minimum atomic E-state index is -1.21. The van der Waals surface area contributed by atoms with Crippen LogP contribution in [0.5, 0.6) is 0 Å². The molecule has 11 heavy (non-hydrogen) atoms. The SMILES string of the molecule is CSOC(=O)C[C@H](N)C(=O)O. The molecule has 0 rings (SSSR count). The van der Waals surface area contributed by atoms with Gasteiger partial charge in [-0.1, -0.05) is 0 Å². The van der Waals surface area contributed by atoms with Crippen LogP contribution < -0.4 is 5.73 Å². The van der Waals surface area contributed by atoms with Crippen molar-refractivity contribution >= 4 is 24.0 Å². The van der Waals surface area contributed by atoms with Crippen LogP contribution in [0.15, 0.2) is 0 Å². The number of carbonyl (C=O) groups excluding carboxylic acids is 1. The van der Waals surface area contributed by atoms with Gasteiger partial charge in [-0.2, -0.15) is 0 Å². The lowest BCUT2D eigenvalue weighted by Crippen LogP contribution is -2.32. The highest BCUT2D eigenvalue weighted by Gasteiger charge is 2.16. The monoisotopic (exact) mass is 179 g/mol. The van der Waals surface area contributed by atoms with Crippen molar-refractivity contribution in [2.45, 2.75) is 12.5 Å². The Morgan fingerprint density at radius 1 is 1.73 bits per heavy atom. The van der Waals surface area contributed by atoms with E-state index in [4.69, 9.17) is 10.8 Å². The third-order valence-electron chi connectivity index (χ3n) is 0.880. The van der Waals surface area contributed by atoms with Gasteiger partial charge in [-0.3, -0.25) is 9.59 Å². The van der Waals surface area contributed by atoms with E-state index in [1.807, 2.05) is 0 Å². The molecule has 0 radical (unpaired) electrons. The third-order valence-corrected chi connectivity index (χ3v) is 1.23. The summed E-state index contributed by atoms with van der Waals surface area (Å²) in [6.45, 7) is 0. The number of carbonyl (C=O) groups is 2. The Labute approximate surface area is 68.1 Å². The number of carboxylic acid groups (broad SMARTS) is 1. The van der Waals surface area contributed by atoms with E-state index in [9.17, 15) is 9.59 Å². The van der Waals surface area contributed by atoms with E-state index in [2.05, 4.69) is 4.18 Å². The molecule has 6 heteroatoms. The molecule has 0 aromatic rings. The molecule has 0 bridgehead atoms. The molecule has 0 spiro atoms. The highest BCUT2D eigenvalue weighted by molar-refractivity contribution is 7.94. The van der Waals surface area contributed by atoms with Gasteiger partial charge < -0.3 is 15.0 Å². The van der Waals surface area contributed by atoms with Crippen LogP contribution in [0.2, 0.25) is 0 Å². The van der Waals surface area contributed by atoms with E-state index >= 15 is 0 Å². The van der Waals surface area contributed by atoms with Crippen LogP contribution in [-0.2, 0) is 13.8 Å². The van der Waals surface area contributed by atoms with Gasteiger partial charge in [0, 0.05) is 6.26 Å². The maximum Gasteiger partial charge on any atom is 0.321 e. The van der Waals surface area contributed by atoms with Crippen molar-refractivity contribution in [2.75, 3.05) is 6.26 Å². The van der Waals surface area contributed by atoms with Crippen molar-refractivity contribution < 1.29 is 18.9 Å². The van der Waals surface area contributed by atoms with Crippen LogP contribution >= 0.6 is 12.0 Å². The first-order valence-electron chi connectivity index (χ1n) is 2.79. The number of hydrogen-bond donors (Lipinski definition) is 2. The average molecular weight is 179 g/mol.